The van der Waals surface area contributed by atoms with Crippen molar-refractivity contribution in [3.63, 3.8) is 0 Å². The van der Waals surface area contributed by atoms with Crippen LogP contribution in [0, 0.1) is 11.6 Å². The minimum Gasteiger partial charge on any atom is -0.486 e. The minimum atomic E-state index is -4.00. The Labute approximate surface area is 159 Å². The van der Waals surface area contributed by atoms with Crippen molar-refractivity contribution in [2.24, 2.45) is 0 Å². The summed E-state index contributed by atoms with van der Waals surface area (Å²) in [4.78, 5) is 3.64. The van der Waals surface area contributed by atoms with Crippen LogP contribution in [-0.2, 0) is 29.6 Å². The molecule has 7 nitrogen and oxygen atoms in total. The first-order valence-corrected chi connectivity index (χ1v) is 9.83. The molecule has 0 spiro atoms. The number of aromatic nitrogens is 2. The Balaban J connectivity index is 1.55. The Morgan fingerprint density at radius 2 is 2.07 bits per heavy atom. The number of ether oxygens (including phenoxy) is 1. The van der Waals surface area contributed by atoms with Gasteiger partial charge in [-0.1, -0.05) is 5.16 Å². The van der Waals surface area contributed by atoms with Crippen molar-refractivity contribution in [3.8, 4) is 5.75 Å². The van der Waals surface area contributed by atoms with Crippen molar-refractivity contribution < 1.29 is 26.5 Å². The minimum absolute atomic E-state index is 0.00585. The Hall–Kier alpha value is -2.85. The Morgan fingerprint density at radius 1 is 1.21 bits per heavy atom. The molecule has 0 saturated carbocycles. The van der Waals surface area contributed by atoms with Gasteiger partial charge in [-0.3, -0.25) is 4.98 Å². The monoisotopic (exact) mass is 407 g/mol. The van der Waals surface area contributed by atoms with E-state index < -0.39 is 21.7 Å². The summed E-state index contributed by atoms with van der Waals surface area (Å²) in [5.74, 6) is -1.19. The van der Waals surface area contributed by atoms with Gasteiger partial charge in [0.2, 0.25) is 10.0 Å². The van der Waals surface area contributed by atoms with Gasteiger partial charge in [0.25, 0.3) is 0 Å². The molecule has 28 heavy (non-hydrogen) atoms. The summed E-state index contributed by atoms with van der Waals surface area (Å²) >= 11 is 0. The SMILES string of the molecule is O=S(=O)(c1ccc(F)c(F)c1)N1CCc2onc(COc3cccnc3)c2C1. The summed E-state index contributed by atoms with van der Waals surface area (Å²) < 4.78 is 64.4. The lowest BCUT2D eigenvalue weighted by molar-refractivity contribution is 0.286. The fourth-order valence-corrected chi connectivity index (χ4v) is 4.35. The van der Waals surface area contributed by atoms with Gasteiger partial charge in [0.05, 0.1) is 11.1 Å². The normalized spacial score (nSPS) is 14.6. The van der Waals surface area contributed by atoms with Gasteiger partial charge >= 0.3 is 0 Å². The van der Waals surface area contributed by atoms with Crippen LogP contribution >= 0.6 is 0 Å². The standard InChI is InChI=1S/C18H15F2N3O4S/c19-15-4-3-13(8-16(15)20)28(24,25)23-7-5-18-14(10-23)17(22-27-18)11-26-12-2-1-6-21-9-12/h1-4,6,8-9H,5,7,10-11H2. The molecule has 0 amide bonds. The Bertz CT molecular complexity index is 1100. The molecule has 0 radical (unpaired) electrons. The van der Waals surface area contributed by atoms with Gasteiger partial charge < -0.3 is 9.26 Å². The first kappa shape index (κ1) is 18.5. The molecule has 4 rings (SSSR count). The maximum absolute atomic E-state index is 13.5. The van der Waals surface area contributed by atoms with Crippen LogP contribution in [0.1, 0.15) is 17.0 Å². The second kappa shape index (κ2) is 7.28. The van der Waals surface area contributed by atoms with Crippen LogP contribution in [0.5, 0.6) is 5.75 Å². The van der Waals surface area contributed by atoms with Gasteiger partial charge in [0, 0.05) is 31.3 Å². The quantitative estimate of drug-likeness (QED) is 0.647. The van der Waals surface area contributed by atoms with Gasteiger partial charge in [0.1, 0.15) is 23.8 Å². The second-order valence-electron chi connectivity index (χ2n) is 6.17. The van der Waals surface area contributed by atoms with Gasteiger partial charge in [-0.05, 0) is 30.3 Å². The van der Waals surface area contributed by atoms with Crippen molar-refractivity contribution in [3.05, 3.63) is 71.4 Å². The van der Waals surface area contributed by atoms with Gasteiger partial charge in [-0.15, -0.1) is 0 Å². The largest absolute Gasteiger partial charge is 0.486 e. The molecule has 0 fully saturated rings. The summed E-state index contributed by atoms with van der Waals surface area (Å²) in [5, 5.41) is 3.98. The molecular weight excluding hydrogens is 392 g/mol. The Morgan fingerprint density at radius 3 is 2.82 bits per heavy atom. The number of pyridine rings is 1. The highest BCUT2D eigenvalue weighted by molar-refractivity contribution is 7.89. The number of hydrogen-bond acceptors (Lipinski definition) is 6. The lowest BCUT2D eigenvalue weighted by Crippen LogP contribution is -2.36. The molecule has 0 saturated heterocycles. The number of benzene rings is 1. The maximum Gasteiger partial charge on any atom is 0.243 e. The van der Waals surface area contributed by atoms with Crippen LogP contribution in [-0.4, -0.2) is 29.4 Å². The van der Waals surface area contributed by atoms with E-state index in [0.29, 0.717) is 35.3 Å². The van der Waals surface area contributed by atoms with Gasteiger partial charge in [-0.2, -0.15) is 4.31 Å². The number of fused-ring (bicyclic) bond motifs is 1. The van der Waals surface area contributed by atoms with E-state index in [1.54, 1.807) is 24.5 Å². The predicted octanol–water partition coefficient (Wildman–Crippen LogP) is 2.67. The zero-order chi connectivity index (χ0) is 19.7. The van der Waals surface area contributed by atoms with E-state index in [1.165, 1.54) is 4.31 Å². The van der Waals surface area contributed by atoms with Gasteiger partial charge in [-0.25, -0.2) is 17.2 Å². The fraction of sp³-hybridized carbons (Fsp3) is 0.222. The smallest absolute Gasteiger partial charge is 0.243 e. The molecule has 3 aromatic rings. The van der Waals surface area contributed by atoms with Crippen molar-refractivity contribution in [1.82, 2.24) is 14.4 Å². The third kappa shape index (κ3) is 3.48. The van der Waals surface area contributed by atoms with E-state index in [2.05, 4.69) is 10.1 Å². The lowest BCUT2D eigenvalue weighted by atomic mass is 10.1. The molecule has 2 aromatic heterocycles. The number of halogens is 2. The van der Waals surface area contributed by atoms with E-state index in [1.807, 2.05) is 0 Å². The molecule has 0 bridgehead atoms. The molecule has 10 heteroatoms. The average Bonchev–Trinajstić information content (AvgIpc) is 3.11. The molecular formula is C18H15F2N3O4S. The predicted molar refractivity (Wildman–Crippen MR) is 92.7 cm³/mol. The van der Waals surface area contributed by atoms with Crippen LogP contribution in [0.25, 0.3) is 0 Å². The topological polar surface area (TPSA) is 85.5 Å². The highest BCUT2D eigenvalue weighted by Crippen LogP contribution is 2.28. The van der Waals surface area contributed by atoms with Crippen LogP contribution in [0.2, 0.25) is 0 Å². The van der Waals surface area contributed by atoms with Crippen molar-refractivity contribution in [2.75, 3.05) is 6.54 Å². The molecule has 1 aliphatic heterocycles. The fourth-order valence-electron chi connectivity index (χ4n) is 2.93. The summed E-state index contributed by atoms with van der Waals surface area (Å²) in [6.07, 6.45) is 3.48. The first-order valence-electron chi connectivity index (χ1n) is 8.39. The molecule has 146 valence electrons. The van der Waals surface area contributed by atoms with Crippen LogP contribution in [0.15, 0.2) is 52.1 Å². The summed E-state index contributed by atoms with van der Waals surface area (Å²) in [7, 11) is -4.00. The zero-order valence-electron chi connectivity index (χ0n) is 14.5. The molecule has 1 aromatic carbocycles. The van der Waals surface area contributed by atoms with E-state index in [9.17, 15) is 17.2 Å². The number of rotatable bonds is 5. The number of sulfonamides is 1. The van der Waals surface area contributed by atoms with Crippen LogP contribution in [0.3, 0.4) is 0 Å². The third-order valence-corrected chi connectivity index (χ3v) is 6.25. The third-order valence-electron chi connectivity index (χ3n) is 4.41. The number of nitrogens with zero attached hydrogens (tertiary/aromatic N) is 3. The molecule has 0 aliphatic carbocycles. The maximum atomic E-state index is 13.5. The molecule has 1 aliphatic rings. The first-order chi connectivity index (χ1) is 13.4. The van der Waals surface area contributed by atoms with Crippen molar-refractivity contribution in [1.29, 1.82) is 0 Å². The van der Waals surface area contributed by atoms with E-state index in [-0.39, 0.29) is 24.6 Å². The summed E-state index contributed by atoms with van der Waals surface area (Å²) in [5.41, 5.74) is 1.09. The van der Waals surface area contributed by atoms with E-state index in [0.717, 1.165) is 12.1 Å². The highest BCUT2D eigenvalue weighted by atomic mass is 32.2. The molecule has 3 heterocycles. The Kier molecular flexibility index (Phi) is 4.82. The second-order valence-corrected chi connectivity index (χ2v) is 8.11. The van der Waals surface area contributed by atoms with Crippen LogP contribution in [0.4, 0.5) is 8.78 Å². The number of hydrogen-bond donors (Lipinski definition) is 0. The summed E-state index contributed by atoms with van der Waals surface area (Å²) in [6.45, 7) is 0.238. The lowest BCUT2D eigenvalue weighted by Gasteiger charge is -2.25. The zero-order valence-corrected chi connectivity index (χ0v) is 15.3. The summed E-state index contributed by atoms with van der Waals surface area (Å²) in [6, 6.07) is 5.98. The molecule has 0 unspecified atom stereocenters. The van der Waals surface area contributed by atoms with Crippen molar-refractivity contribution in [2.45, 2.75) is 24.5 Å². The average molecular weight is 407 g/mol. The van der Waals surface area contributed by atoms with Crippen molar-refractivity contribution >= 4 is 10.0 Å². The molecule has 0 N–H and O–H groups in total. The van der Waals surface area contributed by atoms with E-state index >= 15 is 0 Å². The van der Waals surface area contributed by atoms with Gasteiger partial charge in [0.15, 0.2) is 11.6 Å². The van der Waals surface area contributed by atoms with E-state index in [4.69, 9.17) is 9.26 Å². The molecule has 0 atom stereocenters. The highest BCUT2D eigenvalue weighted by Gasteiger charge is 2.32. The van der Waals surface area contributed by atoms with Crippen LogP contribution < -0.4 is 4.74 Å².